The largest absolute Gasteiger partial charge is 0.494 e. The number of benzene rings is 1. The summed E-state index contributed by atoms with van der Waals surface area (Å²) < 4.78 is 5.30. The number of aliphatic hydroxyl groups excluding tert-OH is 1. The average molecular weight is 281 g/mol. The summed E-state index contributed by atoms with van der Waals surface area (Å²) in [6.45, 7) is 2.61. The molecule has 1 amide bonds. The van der Waals surface area contributed by atoms with Gasteiger partial charge in [-0.25, -0.2) is 4.79 Å². The molecule has 6 heteroatoms. The Morgan fingerprint density at radius 1 is 1.30 bits per heavy atom. The van der Waals surface area contributed by atoms with Crippen LogP contribution in [0, 0.1) is 0 Å². The van der Waals surface area contributed by atoms with Crippen LogP contribution < -0.4 is 10.1 Å². The molecule has 0 aromatic heterocycles. The molecule has 0 aliphatic carbocycles. The topological polar surface area (TPSA) is 95.9 Å². The number of aliphatic carboxylic acids is 1. The number of carbonyl (C=O) groups excluding carboxylic acids is 1. The van der Waals surface area contributed by atoms with Crippen LogP contribution in [0.4, 0.5) is 0 Å². The lowest BCUT2D eigenvalue weighted by Gasteiger charge is -2.08. The average Bonchev–Trinajstić information content (AvgIpc) is 2.41. The van der Waals surface area contributed by atoms with Gasteiger partial charge in [-0.15, -0.1) is 0 Å². The standard InChI is InChI=1S/C14H19NO5/c1-2-20-11-5-3-10(4-6-11)9-13(17)15-8-7-12(16)14(18)19/h3-6,12,16H,2,7-9H2,1H3,(H,15,17)(H,18,19)/t12-/m0/s1. The Kier molecular flexibility index (Phi) is 6.52. The minimum atomic E-state index is -1.44. The lowest BCUT2D eigenvalue weighted by atomic mass is 10.1. The summed E-state index contributed by atoms with van der Waals surface area (Å²) in [6, 6.07) is 7.19. The van der Waals surface area contributed by atoms with Crippen molar-refractivity contribution >= 4 is 11.9 Å². The maximum Gasteiger partial charge on any atom is 0.332 e. The van der Waals surface area contributed by atoms with Gasteiger partial charge in [0, 0.05) is 13.0 Å². The number of carboxylic acids is 1. The first-order valence-corrected chi connectivity index (χ1v) is 6.42. The van der Waals surface area contributed by atoms with Crippen molar-refractivity contribution in [1.82, 2.24) is 5.32 Å². The van der Waals surface area contributed by atoms with Crippen molar-refractivity contribution in [2.45, 2.75) is 25.9 Å². The molecule has 110 valence electrons. The molecule has 0 spiro atoms. The van der Waals surface area contributed by atoms with Crippen molar-refractivity contribution in [1.29, 1.82) is 0 Å². The third-order valence-corrected chi connectivity index (χ3v) is 2.62. The smallest absolute Gasteiger partial charge is 0.332 e. The zero-order valence-corrected chi connectivity index (χ0v) is 11.3. The minimum absolute atomic E-state index is 0.00957. The lowest BCUT2D eigenvalue weighted by molar-refractivity contribution is -0.147. The molecule has 0 saturated heterocycles. The van der Waals surface area contributed by atoms with E-state index < -0.39 is 12.1 Å². The molecule has 6 nitrogen and oxygen atoms in total. The van der Waals surface area contributed by atoms with E-state index in [1.807, 2.05) is 6.92 Å². The first-order valence-electron chi connectivity index (χ1n) is 6.42. The van der Waals surface area contributed by atoms with Gasteiger partial charge in [0.2, 0.25) is 5.91 Å². The van der Waals surface area contributed by atoms with E-state index in [4.69, 9.17) is 14.9 Å². The number of nitrogens with one attached hydrogen (secondary N) is 1. The van der Waals surface area contributed by atoms with Crippen LogP contribution in [-0.2, 0) is 16.0 Å². The fourth-order valence-corrected chi connectivity index (χ4v) is 1.59. The van der Waals surface area contributed by atoms with E-state index in [0.29, 0.717) is 6.61 Å². The van der Waals surface area contributed by atoms with Gasteiger partial charge in [-0.3, -0.25) is 4.79 Å². The monoisotopic (exact) mass is 281 g/mol. The first-order chi connectivity index (χ1) is 9.52. The van der Waals surface area contributed by atoms with Crippen LogP contribution in [0.2, 0.25) is 0 Å². The molecule has 1 aromatic rings. The fourth-order valence-electron chi connectivity index (χ4n) is 1.59. The highest BCUT2D eigenvalue weighted by molar-refractivity contribution is 5.78. The van der Waals surface area contributed by atoms with Crippen LogP contribution in [0.25, 0.3) is 0 Å². The summed E-state index contributed by atoms with van der Waals surface area (Å²) in [7, 11) is 0. The third kappa shape index (κ3) is 5.71. The van der Waals surface area contributed by atoms with Crippen LogP contribution in [0.15, 0.2) is 24.3 Å². The summed E-state index contributed by atoms with van der Waals surface area (Å²) in [5.41, 5.74) is 0.838. The number of aliphatic hydroxyl groups is 1. The summed E-state index contributed by atoms with van der Waals surface area (Å²) in [5.74, 6) is -0.751. The normalized spacial score (nSPS) is 11.7. The molecule has 1 rings (SSSR count). The molecule has 3 N–H and O–H groups in total. The Hall–Kier alpha value is -2.08. The molecular weight excluding hydrogens is 262 g/mol. The van der Waals surface area contributed by atoms with Crippen LogP contribution in [-0.4, -0.2) is 41.3 Å². The molecule has 0 radical (unpaired) electrons. The minimum Gasteiger partial charge on any atom is -0.494 e. The second-order valence-corrected chi connectivity index (χ2v) is 4.25. The predicted octanol–water partition coefficient (Wildman–Crippen LogP) is 0.580. The van der Waals surface area contributed by atoms with Gasteiger partial charge in [0.15, 0.2) is 6.10 Å². The van der Waals surface area contributed by atoms with Crippen molar-refractivity contribution in [3.8, 4) is 5.75 Å². The zero-order valence-electron chi connectivity index (χ0n) is 11.3. The van der Waals surface area contributed by atoms with Gasteiger partial charge < -0.3 is 20.3 Å². The number of carboxylic acid groups (broad SMARTS) is 1. The van der Waals surface area contributed by atoms with Gasteiger partial charge >= 0.3 is 5.97 Å². The van der Waals surface area contributed by atoms with E-state index in [9.17, 15) is 9.59 Å². The Morgan fingerprint density at radius 2 is 1.95 bits per heavy atom. The number of amides is 1. The van der Waals surface area contributed by atoms with E-state index in [-0.39, 0.29) is 25.3 Å². The molecular formula is C14H19NO5. The van der Waals surface area contributed by atoms with Crippen LogP contribution in [0.5, 0.6) is 5.75 Å². The molecule has 20 heavy (non-hydrogen) atoms. The van der Waals surface area contributed by atoms with Crippen LogP contribution in [0.1, 0.15) is 18.9 Å². The molecule has 0 fully saturated rings. The number of hydrogen-bond donors (Lipinski definition) is 3. The number of hydrogen-bond acceptors (Lipinski definition) is 4. The molecule has 0 heterocycles. The molecule has 0 unspecified atom stereocenters. The number of carbonyl (C=O) groups is 2. The molecule has 1 aromatic carbocycles. The third-order valence-electron chi connectivity index (χ3n) is 2.62. The van der Waals surface area contributed by atoms with Gasteiger partial charge in [0.1, 0.15) is 5.75 Å². The van der Waals surface area contributed by atoms with Gasteiger partial charge in [0.25, 0.3) is 0 Å². The lowest BCUT2D eigenvalue weighted by Crippen LogP contribution is -2.30. The fraction of sp³-hybridized carbons (Fsp3) is 0.429. The maximum atomic E-state index is 11.6. The molecule has 0 aliphatic rings. The molecule has 0 bridgehead atoms. The van der Waals surface area contributed by atoms with Crippen molar-refractivity contribution in [3.05, 3.63) is 29.8 Å². The van der Waals surface area contributed by atoms with Gasteiger partial charge in [-0.05, 0) is 24.6 Å². The molecule has 0 saturated carbocycles. The van der Waals surface area contributed by atoms with Gasteiger partial charge in [-0.1, -0.05) is 12.1 Å². The van der Waals surface area contributed by atoms with Gasteiger partial charge in [0.05, 0.1) is 13.0 Å². The van der Waals surface area contributed by atoms with Gasteiger partial charge in [-0.2, -0.15) is 0 Å². The van der Waals surface area contributed by atoms with E-state index >= 15 is 0 Å². The van der Waals surface area contributed by atoms with E-state index in [1.54, 1.807) is 24.3 Å². The van der Waals surface area contributed by atoms with E-state index in [0.717, 1.165) is 11.3 Å². The predicted molar refractivity (Wildman–Crippen MR) is 72.6 cm³/mol. The SMILES string of the molecule is CCOc1ccc(CC(=O)NCC[C@H](O)C(=O)O)cc1. The summed E-state index contributed by atoms with van der Waals surface area (Å²) in [5, 5.41) is 20.1. The second kappa shape index (κ2) is 8.16. The first kappa shape index (κ1) is 16.0. The molecule has 0 aliphatic heterocycles. The van der Waals surface area contributed by atoms with Crippen molar-refractivity contribution < 1.29 is 24.5 Å². The highest BCUT2D eigenvalue weighted by Gasteiger charge is 2.12. The second-order valence-electron chi connectivity index (χ2n) is 4.25. The highest BCUT2D eigenvalue weighted by Crippen LogP contribution is 2.12. The Morgan fingerprint density at radius 3 is 2.50 bits per heavy atom. The molecule has 1 atom stereocenters. The summed E-state index contributed by atoms with van der Waals surface area (Å²) >= 11 is 0. The summed E-state index contributed by atoms with van der Waals surface area (Å²) in [4.78, 5) is 22.0. The summed E-state index contributed by atoms with van der Waals surface area (Å²) in [6.07, 6.45) is -1.25. The maximum absolute atomic E-state index is 11.6. The Labute approximate surface area is 117 Å². The highest BCUT2D eigenvalue weighted by atomic mass is 16.5. The zero-order chi connectivity index (χ0) is 15.0. The van der Waals surface area contributed by atoms with Crippen molar-refractivity contribution in [2.75, 3.05) is 13.2 Å². The Balaban J connectivity index is 2.33. The van der Waals surface area contributed by atoms with E-state index in [1.165, 1.54) is 0 Å². The van der Waals surface area contributed by atoms with Crippen molar-refractivity contribution in [2.24, 2.45) is 0 Å². The Bertz CT molecular complexity index is 443. The quantitative estimate of drug-likeness (QED) is 0.648. The number of ether oxygens (including phenoxy) is 1. The van der Waals surface area contributed by atoms with Crippen LogP contribution >= 0.6 is 0 Å². The number of rotatable bonds is 8. The van der Waals surface area contributed by atoms with Crippen molar-refractivity contribution in [3.63, 3.8) is 0 Å². The van der Waals surface area contributed by atoms with E-state index in [2.05, 4.69) is 5.32 Å². The van der Waals surface area contributed by atoms with Crippen LogP contribution in [0.3, 0.4) is 0 Å².